The standard InChI is InChI=1S/C11H20OSi/c1-4-12-13(2,3)10-9-11-7-5-6-8-11/h5,7-8H,4,6,9-10H2,1-3H3. The first-order valence-corrected chi connectivity index (χ1v) is 8.25. The summed E-state index contributed by atoms with van der Waals surface area (Å²) in [6.45, 7) is 7.56. The molecule has 0 heterocycles. The zero-order valence-electron chi connectivity index (χ0n) is 8.97. The summed E-state index contributed by atoms with van der Waals surface area (Å²) in [5, 5.41) is 0. The Balaban J connectivity index is 2.28. The van der Waals surface area contributed by atoms with Crippen molar-refractivity contribution in [2.24, 2.45) is 0 Å². The summed E-state index contributed by atoms with van der Waals surface area (Å²) >= 11 is 0. The number of rotatable bonds is 5. The lowest BCUT2D eigenvalue weighted by Gasteiger charge is -2.21. The fourth-order valence-electron chi connectivity index (χ4n) is 1.60. The first-order chi connectivity index (χ1) is 6.14. The van der Waals surface area contributed by atoms with Gasteiger partial charge in [-0.25, -0.2) is 0 Å². The molecule has 2 heteroatoms. The van der Waals surface area contributed by atoms with Crippen LogP contribution in [0.25, 0.3) is 0 Å². The number of allylic oxidation sites excluding steroid dienone is 4. The Kier molecular flexibility index (Phi) is 3.94. The highest BCUT2D eigenvalue weighted by Gasteiger charge is 2.21. The molecular formula is C11H20OSi. The third kappa shape index (κ3) is 3.92. The Bertz CT molecular complexity index is 216. The van der Waals surface area contributed by atoms with Gasteiger partial charge in [0.25, 0.3) is 0 Å². The van der Waals surface area contributed by atoms with Gasteiger partial charge >= 0.3 is 0 Å². The Morgan fingerprint density at radius 3 is 2.77 bits per heavy atom. The molecule has 0 saturated heterocycles. The van der Waals surface area contributed by atoms with E-state index in [0.717, 1.165) is 13.0 Å². The Hall–Kier alpha value is -0.343. The van der Waals surface area contributed by atoms with Crippen LogP contribution in [0, 0.1) is 0 Å². The van der Waals surface area contributed by atoms with Crippen LogP contribution in [0.4, 0.5) is 0 Å². The van der Waals surface area contributed by atoms with E-state index in [-0.39, 0.29) is 0 Å². The minimum Gasteiger partial charge on any atom is -0.418 e. The SMILES string of the molecule is CCO[Si](C)(C)CCC1=CCC=C1. The van der Waals surface area contributed by atoms with E-state index < -0.39 is 8.32 Å². The van der Waals surface area contributed by atoms with Gasteiger partial charge in [-0.1, -0.05) is 23.8 Å². The van der Waals surface area contributed by atoms with Crippen molar-refractivity contribution in [3.63, 3.8) is 0 Å². The van der Waals surface area contributed by atoms with E-state index in [2.05, 4.69) is 38.2 Å². The van der Waals surface area contributed by atoms with Crippen LogP contribution in [-0.4, -0.2) is 14.9 Å². The summed E-state index contributed by atoms with van der Waals surface area (Å²) < 4.78 is 5.78. The average molecular weight is 196 g/mol. The first-order valence-electron chi connectivity index (χ1n) is 5.13. The number of hydrogen-bond acceptors (Lipinski definition) is 1. The van der Waals surface area contributed by atoms with Crippen LogP contribution in [0.3, 0.4) is 0 Å². The van der Waals surface area contributed by atoms with Gasteiger partial charge in [-0.2, -0.15) is 0 Å². The topological polar surface area (TPSA) is 9.23 Å². The molecule has 0 unspecified atom stereocenters. The van der Waals surface area contributed by atoms with Crippen LogP contribution in [0.15, 0.2) is 23.8 Å². The molecule has 0 bridgehead atoms. The molecule has 0 aliphatic heterocycles. The molecule has 0 spiro atoms. The fourth-order valence-corrected chi connectivity index (χ4v) is 3.42. The lowest BCUT2D eigenvalue weighted by molar-refractivity contribution is 0.329. The van der Waals surface area contributed by atoms with Gasteiger partial charge in [0, 0.05) is 6.61 Å². The van der Waals surface area contributed by atoms with E-state index in [0.29, 0.717) is 0 Å². The molecule has 0 fully saturated rings. The highest BCUT2D eigenvalue weighted by atomic mass is 28.4. The van der Waals surface area contributed by atoms with Gasteiger partial charge in [0.05, 0.1) is 0 Å². The van der Waals surface area contributed by atoms with Crippen molar-refractivity contribution in [3.8, 4) is 0 Å². The minimum atomic E-state index is -1.35. The van der Waals surface area contributed by atoms with Gasteiger partial charge in [-0.15, -0.1) is 0 Å². The maximum absolute atomic E-state index is 5.78. The maximum atomic E-state index is 5.78. The molecule has 0 radical (unpaired) electrons. The Morgan fingerprint density at radius 1 is 1.46 bits per heavy atom. The van der Waals surface area contributed by atoms with E-state index in [1.165, 1.54) is 18.0 Å². The van der Waals surface area contributed by atoms with E-state index in [1.807, 2.05) is 0 Å². The molecule has 0 saturated carbocycles. The van der Waals surface area contributed by atoms with Gasteiger partial charge in [0.2, 0.25) is 0 Å². The lowest BCUT2D eigenvalue weighted by atomic mass is 10.2. The second kappa shape index (κ2) is 4.77. The van der Waals surface area contributed by atoms with E-state index in [9.17, 15) is 0 Å². The third-order valence-corrected chi connectivity index (χ3v) is 4.92. The summed E-state index contributed by atoms with van der Waals surface area (Å²) in [5.74, 6) is 0. The van der Waals surface area contributed by atoms with Crippen LogP contribution >= 0.6 is 0 Å². The summed E-state index contributed by atoms with van der Waals surface area (Å²) in [4.78, 5) is 0. The van der Waals surface area contributed by atoms with Crippen molar-refractivity contribution in [1.82, 2.24) is 0 Å². The second-order valence-corrected chi connectivity index (χ2v) is 8.42. The molecular weight excluding hydrogens is 176 g/mol. The molecule has 0 aromatic carbocycles. The molecule has 0 N–H and O–H groups in total. The van der Waals surface area contributed by atoms with Gasteiger partial charge < -0.3 is 4.43 Å². The maximum Gasteiger partial charge on any atom is 0.187 e. The van der Waals surface area contributed by atoms with E-state index >= 15 is 0 Å². The van der Waals surface area contributed by atoms with Crippen molar-refractivity contribution < 1.29 is 4.43 Å². The molecule has 1 aliphatic rings. The van der Waals surface area contributed by atoms with Crippen LogP contribution in [-0.2, 0) is 4.43 Å². The molecule has 13 heavy (non-hydrogen) atoms. The summed E-state index contributed by atoms with van der Waals surface area (Å²) in [7, 11) is -1.35. The largest absolute Gasteiger partial charge is 0.418 e. The van der Waals surface area contributed by atoms with Crippen molar-refractivity contribution in [3.05, 3.63) is 23.8 Å². The van der Waals surface area contributed by atoms with Gasteiger partial charge in [0.15, 0.2) is 8.32 Å². The van der Waals surface area contributed by atoms with Crippen LogP contribution in [0.1, 0.15) is 19.8 Å². The monoisotopic (exact) mass is 196 g/mol. The molecule has 74 valence electrons. The van der Waals surface area contributed by atoms with Gasteiger partial charge in [0.1, 0.15) is 0 Å². The van der Waals surface area contributed by atoms with E-state index in [1.54, 1.807) is 0 Å². The quantitative estimate of drug-likeness (QED) is 0.611. The van der Waals surface area contributed by atoms with Crippen molar-refractivity contribution in [2.75, 3.05) is 6.61 Å². The highest BCUT2D eigenvalue weighted by Crippen LogP contribution is 2.21. The second-order valence-electron chi connectivity index (χ2n) is 4.11. The first kappa shape index (κ1) is 10.7. The average Bonchev–Trinajstić information content (AvgIpc) is 2.52. The molecule has 0 aromatic heterocycles. The molecule has 1 rings (SSSR count). The lowest BCUT2D eigenvalue weighted by Crippen LogP contribution is -2.29. The minimum absolute atomic E-state index is 0.869. The van der Waals surface area contributed by atoms with Gasteiger partial charge in [-0.3, -0.25) is 0 Å². The summed E-state index contributed by atoms with van der Waals surface area (Å²) in [5.41, 5.74) is 1.50. The smallest absolute Gasteiger partial charge is 0.187 e. The molecule has 1 nitrogen and oxygen atoms in total. The van der Waals surface area contributed by atoms with Crippen molar-refractivity contribution in [1.29, 1.82) is 0 Å². The fraction of sp³-hybridized carbons (Fsp3) is 0.636. The molecule has 0 amide bonds. The van der Waals surface area contributed by atoms with Crippen molar-refractivity contribution in [2.45, 2.75) is 38.9 Å². The zero-order chi connectivity index (χ0) is 9.73. The summed E-state index contributed by atoms with van der Waals surface area (Å²) in [6, 6.07) is 1.25. The molecule has 0 aromatic rings. The predicted octanol–water partition coefficient (Wildman–Crippen LogP) is 3.50. The van der Waals surface area contributed by atoms with Crippen LogP contribution in [0.5, 0.6) is 0 Å². The third-order valence-electron chi connectivity index (χ3n) is 2.40. The predicted molar refractivity (Wildman–Crippen MR) is 60.4 cm³/mol. The van der Waals surface area contributed by atoms with Crippen molar-refractivity contribution >= 4 is 8.32 Å². The molecule has 0 atom stereocenters. The normalized spacial score (nSPS) is 16.4. The Labute approximate surface area is 82.6 Å². The highest BCUT2D eigenvalue weighted by molar-refractivity contribution is 6.71. The number of hydrogen-bond donors (Lipinski definition) is 0. The Morgan fingerprint density at radius 2 is 2.23 bits per heavy atom. The summed E-state index contributed by atoms with van der Waals surface area (Å²) in [6.07, 6.45) is 9.12. The molecule has 1 aliphatic carbocycles. The van der Waals surface area contributed by atoms with Gasteiger partial charge in [-0.05, 0) is 38.9 Å². The van der Waals surface area contributed by atoms with Crippen LogP contribution in [0.2, 0.25) is 19.1 Å². The van der Waals surface area contributed by atoms with E-state index in [4.69, 9.17) is 4.43 Å². The zero-order valence-corrected chi connectivity index (χ0v) is 9.97. The van der Waals surface area contributed by atoms with Crippen LogP contribution < -0.4 is 0 Å².